The van der Waals surface area contributed by atoms with E-state index in [0.29, 0.717) is 24.0 Å². The SMILES string of the molecule is Cn1cc(C(=O)O)cc(-c2nc(-c3cn(COCC[Si](C)(C)C)c4ncccc34)cs2)c1=O. The standard InChI is InChI=1S/C23H26N4O4SSi/c1-26-11-15(23(29)30)10-17(22(26)28)21-25-19(13-32-21)18-12-27(14-31-8-9-33(2,3)4)20-16(18)6-5-7-24-20/h5-7,10-13H,8-9,14H2,1-4H3,(H,29,30). The molecule has 8 nitrogen and oxygen atoms in total. The van der Waals surface area contributed by atoms with Crippen molar-refractivity contribution in [3.05, 3.63) is 58.1 Å². The number of aryl methyl sites for hydroxylation is 1. The molecule has 4 heterocycles. The number of hydrogen-bond acceptors (Lipinski definition) is 6. The molecule has 0 amide bonds. The third-order valence-corrected chi connectivity index (χ3v) is 7.88. The number of rotatable bonds is 8. The van der Waals surface area contributed by atoms with Gasteiger partial charge in [0, 0.05) is 56.6 Å². The third-order valence-electron chi connectivity index (χ3n) is 5.30. The van der Waals surface area contributed by atoms with E-state index in [1.807, 2.05) is 28.3 Å². The molecule has 0 atom stereocenters. The zero-order valence-corrected chi connectivity index (χ0v) is 20.8. The molecule has 0 saturated carbocycles. The highest BCUT2D eigenvalue weighted by Gasteiger charge is 2.18. The van der Waals surface area contributed by atoms with Crippen molar-refractivity contribution in [1.82, 2.24) is 19.1 Å². The van der Waals surface area contributed by atoms with Crippen molar-refractivity contribution in [2.75, 3.05) is 6.61 Å². The fourth-order valence-electron chi connectivity index (χ4n) is 3.47. The summed E-state index contributed by atoms with van der Waals surface area (Å²) in [6.45, 7) is 8.07. The first-order valence-electron chi connectivity index (χ1n) is 10.6. The predicted octanol–water partition coefficient (Wildman–Crippen LogP) is 4.54. The quantitative estimate of drug-likeness (QED) is 0.292. The van der Waals surface area contributed by atoms with Gasteiger partial charge in [-0.1, -0.05) is 19.6 Å². The van der Waals surface area contributed by atoms with E-state index in [2.05, 4.69) is 29.6 Å². The number of carboxylic acids is 1. The molecule has 33 heavy (non-hydrogen) atoms. The largest absolute Gasteiger partial charge is 0.478 e. The normalized spacial score (nSPS) is 11.9. The number of carboxylic acid groups (broad SMARTS) is 1. The van der Waals surface area contributed by atoms with Crippen LogP contribution in [-0.2, 0) is 18.5 Å². The summed E-state index contributed by atoms with van der Waals surface area (Å²) in [5.41, 5.74) is 2.42. The van der Waals surface area contributed by atoms with Gasteiger partial charge in [-0.2, -0.15) is 0 Å². The Morgan fingerprint density at radius 3 is 2.76 bits per heavy atom. The van der Waals surface area contributed by atoms with Crippen LogP contribution in [0, 0.1) is 0 Å². The van der Waals surface area contributed by atoms with E-state index in [0.717, 1.165) is 22.6 Å². The Morgan fingerprint density at radius 1 is 1.24 bits per heavy atom. The average Bonchev–Trinajstić information content (AvgIpc) is 3.37. The summed E-state index contributed by atoms with van der Waals surface area (Å²) in [6, 6.07) is 6.33. The molecule has 4 aromatic heterocycles. The minimum absolute atomic E-state index is 0.0418. The molecule has 0 aromatic carbocycles. The number of aromatic carboxylic acids is 1. The van der Waals surface area contributed by atoms with Gasteiger partial charge < -0.3 is 19.0 Å². The third kappa shape index (κ3) is 4.97. The molecule has 4 aromatic rings. The fraction of sp³-hybridized carbons (Fsp3) is 0.304. The van der Waals surface area contributed by atoms with E-state index in [4.69, 9.17) is 4.74 Å². The second kappa shape index (κ2) is 9.04. The molecule has 0 aliphatic carbocycles. The molecule has 0 spiro atoms. The topological polar surface area (TPSA) is 99.2 Å². The van der Waals surface area contributed by atoms with Gasteiger partial charge in [-0.05, 0) is 24.2 Å². The number of hydrogen-bond donors (Lipinski definition) is 1. The van der Waals surface area contributed by atoms with Gasteiger partial charge in [0.15, 0.2) is 0 Å². The Labute approximate surface area is 196 Å². The molecule has 0 unspecified atom stereocenters. The van der Waals surface area contributed by atoms with Crippen LogP contribution in [0.4, 0.5) is 0 Å². The van der Waals surface area contributed by atoms with E-state index in [1.54, 1.807) is 6.20 Å². The Bertz CT molecular complexity index is 1380. The second-order valence-corrected chi connectivity index (χ2v) is 15.6. The van der Waals surface area contributed by atoms with Crippen molar-refractivity contribution < 1.29 is 14.6 Å². The van der Waals surface area contributed by atoms with Crippen molar-refractivity contribution in [2.45, 2.75) is 32.4 Å². The maximum absolute atomic E-state index is 12.6. The Balaban J connectivity index is 1.68. The molecule has 1 N–H and O–H groups in total. The van der Waals surface area contributed by atoms with Crippen molar-refractivity contribution >= 4 is 36.4 Å². The first-order valence-corrected chi connectivity index (χ1v) is 15.1. The van der Waals surface area contributed by atoms with Gasteiger partial charge in [0.1, 0.15) is 17.4 Å². The first kappa shape index (κ1) is 23.1. The second-order valence-electron chi connectivity index (χ2n) is 9.14. The summed E-state index contributed by atoms with van der Waals surface area (Å²) in [6.07, 6.45) is 5.03. The first-order chi connectivity index (χ1) is 15.6. The van der Waals surface area contributed by atoms with E-state index < -0.39 is 14.0 Å². The highest BCUT2D eigenvalue weighted by molar-refractivity contribution is 7.13. The summed E-state index contributed by atoms with van der Waals surface area (Å²) >= 11 is 1.31. The summed E-state index contributed by atoms with van der Waals surface area (Å²) in [5.74, 6) is -1.09. The molecule has 0 bridgehead atoms. The fourth-order valence-corrected chi connectivity index (χ4v) is 5.05. The van der Waals surface area contributed by atoms with Crippen LogP contribution in [0.1, 0.15) is 10.4 Å². The average molecular weight is 483 g/mol. The van der Waals surface area contributed by atoms with Gasteiger partial charge in [-0.15, -0.1) is 11.3 Å². The molecule has 172 valence electrons. The molecule has 0 aliphatic heterocycles. The van der Waals surface area contributed by atoms with Crippen LogP contribution in [0.25, 0.3) is 32.9 Å². The number of aromatic nitrogens is 4. The smallest absolute Gasteiger partial charge is 0.337 e. The summed E-state index contributed by atoms with van der Waals surface area (Å²) < 4.78 is 9.17. The zero-order valence-electron chi connectivity index (χ0n) is 19.0. The predicted molar refractivity (Wildman–Crippen MR) is 133 cm³/mol. The molecule has 4 rings (SSSR count). The number of fused-ring (bicyclic) bond motifs is 1. The monoisotopic (exact) mass is 482 g/mol. The van der Waals surface area contributed by atoms with Gasteiger partial charge in [0.05, 0.1) is 16.8 Å². The van der Waals surface area contributed by atoms with Crippen molar-refractivity contribution in [3.63, 3.8) is 0 Å². The molecule has 0 radical (unpaired) electrons. The van der Waals surface area contributed by atoms with Crippen LogP contribution in [0.5, 0.6) is 0 Å². The lowest BCUT2D eigenvalue weighted by Crippen LogP contribution is -2.22. The van der Waals surface area contributed by atoms with Gasteiger partial charge >= 0.3 is 5.97 Å². The molecular weight excluding hydrogens is 456 g/mol. The number of thiazole rings is 1. The lowest BCUT2D eigenvalue weighted by atomic mass is 10.1. The molecule has 10 heteroatoms. The summed E-state index contributed by atoms with van der Waals surface area (Å²) in [5, 5.41) is 12.6. The van der Waals surface area contributed by atoms with Crippen molar-refractivity contribution in [2.24, 2.45) is 7.05 Å². The number of pyridine rings is 2. The zero-order chi connectivity index (χ0) is 23.8. The lowest BCUT2D eigenvalue weighted by Gasteiger charge is -2.15. The van der Waals surface area contributed by atoms with Crippen LogP contribution in [-0.4, -0.2) is 44.9 Å². The molecular formula is C23H26N4O4SSi. The molecule has 0 aliphatic rings. The van der Waals surface area contributed by atoms with Crippen LogP contribution in [0.3, 0.4) is 0 Å². The van der Waals surface area contributed by atoms with Gasteiger partial charge in [-0.25, -0.2) is 14.8 Å². The maximum atomic E-state index is 12.6. The molecule has 0 fully saturated rings. The van der Waals surface area contributed by atoms with Crippen LogP contribution in [0.2, 0.25) is 25.7 Å². The van der Waals surface area contributed by atoms with E-state index >= 15 is 0 Å². The van der Waals surface area contributed by atoms with E-state index in [1.165, 1.54) is 35.2 Å². The Hall–Kier alpha value is -3.08. The van der Waals surface area contributed by atoms with Gasteiger partial charge in [0.2, 0.25) is 0 Å². The number of nitrogens with zero attached hydrogens (tertiary/aromatic N) is 4. The van der Waals surface area contributed by atoms with Gasteiger partial charge in [-0.3, -0.25) is 4.79 Å². The van der Waals surface area contributed by atoms with Crippen molar-refractivity contribution in [3.8, 4) is 21.8 Å². The Kier molecular flexibility index (Phi) is 6.33. The highest BCUT2D eigenvalue weighted by atomic mass is 32.1. The number of ether oxygens (including phenoxy) is 1. The van der Waals surface area contributed by atoms with Crippen LogP contribution >= 0.6 is 11.3 Å². The minimum atomic E-state index is -1.17. The highest BCUT2D eigenvalue weighted by Crippen LogP contribution is 2.33. The minimum Gasteiger partial charge on any atom is -0.478 e. The lowest BCUT2D eigenvalue weighted by molar-refractivity contribution is 0.0696. The van der Waals surface area contributed by atoms with Gasteiger partial charge in [0.25, 0.3) is 5.56 Å². The van der Waals surface area contributed by atoms with Crippen molar-refractivity contribution in [1.29, 1.82) is 0 Å². The maximum Gasteiger partial charge on any atom is 0.337 e. The Morgan fingerprint density at radius 2 is 2.03 bits per heavy atom. The summed E-state index contributed by atoms with van der Waals surface area (Å²) in [7, 11) is 0.367. The van der Waals surface area contributed by atoms with Crippen LogP contribution < -0.4 is 5.56 Å². The van der Waals surface area contributed by atoms with Crippen LogP contribution in [0.15, 0.2) is 47.0 Å². The van der Waals surface area contributed by atoms with E-state index in [-0.39, 0.29) is 16.7 Å². The summed E-state index contributed by atoms with van der Waals surface area (Å²) in [4.78, 5) is 33.3. The molecule has 0 saturated heterocycles. The van der Waals surface area contributed by atoms with E-state index in [9.17, 15) is 14.7 Å². The number of carbonyl (C=O) groups is 1.